The molecule has 0 radical (unpaired) electrons. The van der Waals surface area contributed by atoms with Crippen molar-refractivity contribution in [3.8, 4) is 0 Å². The zero-order valence-corrected chi connectivity index (χ0v) is 9.64. The van der Waals surface area contributed by atoms with Gasteiger partial charge in [0, 0.05) is 18.4 Å². The van der Waals surface area contributed by atoms with E-state index >= 15 is 0 Å². The van der Waals surface area contributed by atoms with Crippen molar-refractivity contribution in [3.63, 3.8) is 0 Å². The van der Waals surface area contributed by atoms with E-state index in [9.17, 15) is 4.79 Å². The maximum Gasteiger partial charge on any atom is 0.328 e. The van der Waals surface area contributed by atoms with Crippen molar-refractivity contribution in [2.75, 3.05) is 7.11 Å². The molecular weight excluding hydrogens is 206 g/mol. The van der Waals surface area contributed by atoms with Crippen LogP contribution < -0.4 is 5.32 Å². The number of ether oxygens (including phenoxy) is 1. The molecule has 1 fully saturated rings. The first-order valence-electron chi connectivity index (χ1n) is 5.55. The molecule has 16 heavy (non-hydrogen) atoms. The van der Waals surface area contributed by atoms with Gasteiger partial charge >= 0.3 is 5.97 Å². The first-order valence-corrected chi connectivity index (χ1v) is 5.55. The van der Waals surface area contributed by atoms with Crippen LogP contribution in [0.5, 0.6) is 0 Å². The summed E-state index contributed by atoms with van der Waals surface area (Å²) in [5.41, 5.74) is 0. The van der Waals surface area contributed by atoms with Gasteiger partial charge in [-0.2, -0.15) is 0 Å². The van der Waals surface area contributed by atoms with Crippen LogP contribution in [0.1, 0.15) is 31.6 Å². The summed E-state index contributed by atoms with van der Waals surface area (Å²) in [6.45, 7) is 2.52. The molecule has 1 unspecified atom stereocenters. The Bertz CT molecular complexity index is 371. The fraction of sp³-hybridized carbons (Fsp3) is 0.636. The molecule has 0 bridgehead atoms. The van der Waals surface area contributed by atoms with E-state index in [0.29, 0.717) is 12.6 Å². The molecule has 88 valence electrons. The van der Waals surface area contributed by atoms with E-state index < -0.39 is 0 Å². The molecule has 1 N–H and O–H groups in total. The zero-order chi connectivity index (χ0) is 11.5. The molecule has 1 aromatic heterocycles. The number of methoxy groups -OCH3 is 1. The molecule has 0 aliphatic heterocycles. The third-order valence-corrected chi connectivity index (χ3v) is 2.83. The van der Waals surface area contributed by atoms with Crippen LogP contribution in [-0.2, 0) is 16.1 Å². The number of hydrogen-bond acceptors (Lipinski definition) is 4. The first-order chi connectivity index (χ1) is 7.72. The number of hydrogen-bond donors (Lipinski definition) is 1. The fourth-order valence-electron chi connectivity index (χ4n) is 1.64. The average Bonchev–Trinajstić information content (AvgIpc) is 3.02. The summed E-state index contributed by atoms with van der Waals surface area (Å²) in [7, 11) is 1.40. The van der Waals surface area contributed by atoms with Gasteiger partial charge in [-0.3, -0.25) is 0 Å². The minimum Gasteiger partial charge on any atom is -0.467 e. The van der Waals surface area contributed by atoms with Crippen molar-refractivity contribution in [1.29, 1.82) is 0 Å². The predicted octanol–water partition coefficient (Wildman–Crippen LogP) is 0.869. The van der Waals surface area contributed by atoms with Gasteiger partial charge in [0.2, 0.25) is 0 Å². The Hall–Kier alpha value is -1.36. The van der Waals surface area contributed by atoms with Crippen molar-refractivity contribution in [2.24, 2.45) is 0 Å². The second-order valence-electron chi connectivity index (χ2n) is 4.11. The molecule has 1 saturated carbocycles. The molecule has 1 aliphatic carbocycles. The minimum atomic E-state index is -0.316. The van der Waals surface area contributed by atoms with Gasteiger partial charge in [-0.1, -0.05) is 0 Å². The highest BCUT2D eigenvalue weighted by Crippen LogP contribution is 2.19. The maximum absolute atomic E-state index is 11.4. The fourth-order valence-corrected chi connectivity index (χ4v) is 1.64. The number of nitrogens with one attached hydrogen (secondary N) is 1. The third kappa shape index (κ3) is 2.41. The average molecular weight is 223 g/mol. The molecule has 0 amide bonds. The van der Waals surface area contributed by atoms with Crippen molar-refractivity contribution in [3.05, 3.63) is 18.2 Å². The highest BCUT2D eigenvalue weighted by Gasteiger charge is 2.22. The van der Waals surface area contributed by atoms with Gasteiger partial charge in [-0.05, 0) is 19.8 Å². The molecule has 1 heterocycles. The van der Waals surface area contributed by atoms with Gasteiger partial charge in [0.15, 0.2) is 0 Å². The quantitative estimate of drug-likeness (QED) is 0.752. The molecule has 0 spiro atoms. The Balaban J connectivity index is 2.01. The highest BCUT2D eigenvalue weighted by molar-refractivity contribution is 5.73. The van der Waals surface area contributed by atoms with Crippen LogP contribution >= 0.6 is 0 Å². The third-order valence-electron chi connectivity index (χ3n) is 2.83. The van der Waals surface area contributed by atoms with E-state index in [-0.39, 0.29) is 12.0 Å². The Morgan fingerprint density at radius 3 is 3.12 bits per heavy atom. The van der Waals surface area contributed by atoms with Crippen LogP contribution in [0.3, 0.4) is 0 Å². The zero-order valence-electron chi connectivity index (χ0n) is 9.64. The van der Waals surface area contributed by atoms with E-state index in [1.165, 1.54) is 20.0 Å². The van der Waals surface area contributed by atoms with Gasteiger partial charge in [0.25, 0.3) is 0 Å². The summed E-state index contributed by atoms with van der Waals surface area (Å²) in [5, 5.41) is 3.38. The summed E-state index contributed by atoms with van der Waals surface area (Å²) in [6, 6.07) is 0.321. The molecule has 5 heteroatoms. The van der Waals surface area contributed by atoms with Crippen LogP contribution in [0.4, 0.5) is 0 Å². The van der Waals surface area contributed by atoms with Crippen molar-refractivity contribution >= 4 is 5.97 Å². The van der Waals surface area contributed by atoms with Crippen molar-refractivity contribution in [2.45, 2.75) is 38.4 Å². The Labute approximate surface area is 94.8 Å². The van der Waals surface area contributed by atoms with E-state index in [0.717, 1.165) is 5.82 Å². The van der Waals surface area contributed by atoms with E-state index in [4.69, 9.17) is 4.74 Å². The summed E-state index contributed by atoms with van der Waals surface area (Å²) in [6.07, 6.45) is 6.01. The lowest BCUT2D eigenvalue weighted by molar-refractivity contribution is -0.144. The summed E-state index contributed by atoms with van der Waals surface area (Å²) in [5.74, 6) is 0.635. The molecule has 1 aromatic rings. The van der Waals surface area contributed by atoms with E-state index in [2.05, 4.69) is 10.3 Å². The standard InChI is InChI=1S/C11H17N3O2/c1-8(11(15)16-2)14-6-5-12-10(14)7-13-9-3-4-9/h5-6,8-9,13H,3-4,7H2,1-2H3. The molecule has 1 aliphatic rings. The van der Waals surface area contributed by atoms with Gasteiger partial charge in [0.05, 0.1) is 13.7 Å². The molecule has 5 nitrogen and oxygen atoms in total. The predicted molar refractivity (Wildman–Crippen MR) is 58.8 cm³/mol. The van der Waals surface area contributed by atoms with Gasteiger partial charge in [0.1, 0.15) is 11.9 Å². The maximum atomic E-state index is 11.4. The monoisotopic (exact) mass is 223 g/mol. The van der Waals surface area contributed by atoms with E-state index in [1.54, 1.807) is 6.20 Å². The second-order valence-corrected chi connectivity index (χ2v) is 4.11. The normalized spacial score (nSPS) is 17.1. The van der Waals surface area contributed by atoms with Crippen LogP contribution in [-0.4, -0.2) is 28.7 Å². The number of nitrogens with zero attached hydrogens (tertiary/aromatic N) is 2. The summed E-state index contributed by atoms with van der Waals surface area (Å²) in [4.78, 5) is 15.7. The highest BCUT2D eigenvalue weighted by atomic mass is 16.5. The van der Waals surface area contributed by atoms with Crippen molar-refractivity contribution in [1.82, 2.24) is 14.9 Å². The molecule has 0 aromatic carbocycles. The Kier molecular flexibility index (Phi) is 3.24. The number of esters is 1. The molecular formula is C11H17N3O2. The lowest BCUT2D eigenvalue weighted by atomic mass is 10.3. The first kappa shape index (κ1) is 11.1. The number of carbonyl (C=O) groups is 1. The minimum absolute atomic E-state index is 0.245. The van der Waals surface area contributed by atoms with Gasteiger partial charge in [-0.15, -0.1) is 0 Å². The van der Waals surface area contributed by atoms with Crippen LogP contribution in [0.25, 0.3) is 0 Å². The Morgan fingerprint density at radius 2 is 2.50 bits per heavy atom. The van der Waals surface area contributed by atoms with Gasteiger partial charge < -0.3 is 14.6 Å². The van der Waals surface area contributed by atoms with Crippen LogP contribution in [0.2, 0.25) is 0 Å². The number of aromatic nitrogens is 2. The second kappa shape index (κ2) is 4.65. The topological polar surface area (TPSA) is 56.2 Å². The number of rotatable bonds is 5. The molecule has 1 atom stereocenters. The van der Waals surface area contributed by atoms with E-state index in [1.807, 2.05) is 17.7 Å². The smallest absolute Gasteiger partial charge is 0.328 e. The summed E-state index contributed by atoms with van der Waals surface area (Å²) >= 11 is 0. The van der Waals surface area contributed by atoms with Crippen LogP contribution in [0.15, 0.2) is 12.4 Å². The van der Waals surface area contributed by atoms with Crippen molar-refractivity contribution < 1.29 is 9.53 Å². The SMILES string of the molecule is COC(=O)C(C)n1ccnc1CNC1CC1. The number of imidazole rings is 1. The lowest BCUT2D eigenvalue weighted by Gasteiger charge is -2.14. The van der Waals surface area contributed by atoms with Crippen LogP contribution in [0, 0.1) is 0 Å². The lowest BCUT2D eigenvalue weighted by Crippen LogP contribution is -2.23. The Morgan fingerprint density at radius 1 is 1.75 bits per heavy atom. The largest absolute Gasteiger partial charge is 0.467 e. The summed E-state index contributed by atoms with van der Waals surface area (Å²) < 4.78 is 6.57. The molecule has 2 rings (SSSR count). The van der Waals surface area contributed by atoms with Gasteiger partial charge in [-0.25, -0.2) is 9.78 Å². The molecule has 0 saturated heterocycles. The number of carbonyl (C=O) groups excluding carboxylic acids is 1.